The molecule has 5 atom stereocenters. The highest BCUT2D eigenvalue weighted by molar-refractivity contribution is 5.79. The van der Waals surface area contributed by atoms with Gasteiger partial charge in [-0.2, -0.15) is 0 Å². The fraction of sp³-hybridized carbons (Fsp3) is 0.667. The summed E-state index contributed by atoms with van der Waals surface area (Å²) in [5, 5.41) is 3.09. The molecule has 2 aliphatic carbocycles. The Morgan fingerprint density at radius 3 is 2.50 bits per heavy atom. The van der Waals surface area contributed by atoms with Crippen molar-refractivity contribution in [3.8, 4) is 0 Å². The van der Waals surface area contributed by atoms with Crippen LogP contribution in [0.25, 0.3) is 11.2 Å². The molecule has 5 nitrogen and oxygen atoms in total. The predicted molar refractivity (Wildman–Crippen MR) is 103 cm³/mol. The summed E-state index contributed by atoms with van der Waals surface area (Å²) in [7, 11) is 2.00. The molecule has 2 aromatic heterocycles. The summed E-state index contributed by atoms with van der Waals surface area (Å²) >= 11 is 0. The van der Waals surface area contributed by atoms with Gasteiger partial charge in [-0.05, 0) is 74.8 Å². The van der Waals surface area contributed by atoms with Crippen molar-refractivity contribution in [1.82, 2.24) is 19.9 Å². The normalized spacial score (nSPS) is 29.3. The van der Waals surface area contributed by atoms with Crippen LogP contribution in [0.2, 0.25) is 0 Å². The Labute approximate surface area is 155 Å². The van der Waals surface area contributed by atoms with E-state index in [1.54, 1.807) is 0 Å². The first-order valence-corrected chi connectivity index (χ1v) is 10.00. The van der Waals surface area contributed by atoms with Crippen LogP contribution in [0.3, 0.4) is 0 Å². The van der Waals surface area contributed by atoms with Crippen molar-refractivity contribution < 1.29 is 4.79 Å². The van der Waals surface area contributed by atoms with Crippen molar-refractivity contribution in [2.75, 3.05) is 0 Å². The fourth-order valence-corrected chi connectivity index (χ4v) is 5.33. The number of hydrogen-bond donors (Lipinski definition) is 1. The van der Waals surface area contributed by atoms with Gasteiger partial charge in [0, 0.05) is 25.2 Å². The van der Waals surface area contributed by atoms with E-state index in [9.17, 15) is 4.79 Å². The summed E-state index contributed by atoms with van der Waals surface area (Å²) < 4.78 is 2.00. The van der Waals surface area contributed by atoms with E-state index in [4.69, 9.17) is 0 Å². The van der Waals surface area contributed by atoms with Crippen LogP contribution in [0.4, 0.5) is 0 Å². The summed E-state index contributed by atoms with van der Waals surface area (Å²) in [6.45, 7) is 6.18. The summed E-state index contributed by atoms with van der Waals surface area (Å²) in [6.07, 6.45) is 8.65. The van der Waals surface area contributed by atoms with Gasteiger partial charge < -0.3 is 9.88 Å². The van der Waals surface area contributed by atoms with Crippen LogP contribution in [0.5, 0.6) is 0 Å². The molecule has 2 heterocycles. The summed E-state index contributed by atoms with van der Waals surface area (Å²) in [4.78, 5) is 21.4. The number of hydrogen-bond acceptors (Lipinski definition) is 3. The lowest BCUT2D eigenvalue weighted by molar-refractivity contribution is -0.126. The third-order valence-electron chi connectivity index (χ3n) is 6.67. The molecule has 0 saturated heterocycles. The van der Waals surface area contributed by atoms with Crippen LogP contribution in [-0.2, 0) is 11.8 Å². The molecule has 0 aliphatic heterocycles. The van der Waals surface area contributed by atoms with E-state index in [0.717, 1.165) is 23.0 Å². The number of carbonyl (C=O) groups is 1. The molecule has 2 saturated carbocycles. The zero-order chi connectivity index (χ0) is 18.4. The van der Waals surface area contributed by atoms with Crippen molar-refractivity contribution >= 4 is 17.1 Å². The molecule has 140 valence electrons. The van der Waals surface area contributed by atoms with E-state index in [1.807, 2.05) is 38.0 Å². The van der Waals surface area contributed by atoms with E-state index in [2.05, 4.69) is 28.3 Å². The van der Waals surface area contributed by atoms with E-state index in [1.165, 1.54) is 31.2 Å². The number of pyridine rings is 1. The number of aromatic nitrogens is 3. The third kappa shape index (κ3) is 3.01. The lowest BCUT2D eigenvalue weighted by atomic mass is 9.86. The van der Waals surface area contributed by atoms with Crippen LogP contribution in [0.15, 0.2) is 18.6 Å². The van der Waals surface area contributed by atoms with Gasteiger partial charge in [0.15, 0.2) is 5.65 Å². The van der Waals surface area contributed by atoms with Gasteiger partial charge in [0.2, 0.25) is 5.91 Å². The SMILES string of the molecule is CC(C)NC(=O)C(C)[C@@H]1CC2CC(c3ccnc4c3ncn4C)C[C@@H]2C1. The van der Waals surface area contributed by atoms with Gasteiger partial charge in [-0.15, -0.1) is 0 Å². The summed E-state index contributed by atoms with van der Waals surface area (Å²) in [5.41, 5.74) is 3.42. The second kappa shape index (κ2) is 6.67. The van der Waals surface area contributed by atoms with E-state index >= 15 is 0 Å². The molecule has 2 fully saturated rings. The van der Waals surface area contributed by atoms with Gasteiger partial charge in [0.1, 0.15) is 5.52 Å². The highest BCUT2D eigenvalue weighted by Crippen LogP contribution is 2.54. The lowest BCUT2D eigenvalue weighted by Gasteiger charge is -2.22. The minimum absolute atomic E-state index is 0.130. The standard InChI is InChI=1S/C21H30N4O/c1-12(2)24-21(26)13(3)14-7-15-9-17(10-16(15)8-14)18-5-6-22-20-19(18)23-11-25(20)4/h5-6,11-17H,7-10H2,1-4H3,(H,24,26)/t13?,14-,15-,16?,17?/m0/s1. The monoisotopic (exact) mass is 354 g/mol. The van der Waals surface area contributed by atoms with Crippen LogP contribution in [-0.4, -0.2) is 26.5 Å². The van der Waals surface area contributed by atoms with E-state index < -0.39 is 0 Å². The Morgan fingerprint density at radius 1 is 1.15 bits per heavy atom. The second-order valence-electron chi connectivity index (χ2n) is 8.80. The van der Waals surface area contributed by atoms with Crippen molar-refractivity contribution in [3.63, 3.8) is 0 Å². The first kappa shape index (κ1) is 17.5. The number of rotatable bonds is 4. The van der Waals surface area contributed by atoms with Gasteiger partial charge >= 0.3 is 0 Å². The number of imidazole rings is 1. The lowest BCUT2D eigenvalue weighted by Crippen LogP contribution is -2.37. The maximum Gasteiger partial charge on any atom is 0.223 e. The Balaban J connectivity index is 1.44. The number of nitrogens with one attached hydrogen (secondary N) is 1. The van der Waals surface area contributed by atoms with Gasteiger partial charge in [-0.3, -0.25) is 4.79 Å². The number of aryl methyl sites for hydroxylation is 1. The Morgan fingerprint density at radius 2 is 1.85 bits per heavy atom. The van der Waals surface area contributed by atoms with Crippen molar-refractivity contribution in [2.24, 2.45) is 30.7 Å². The molecule has 0 radical (unpaired) electrons. The van der Waals surface area contributed by atoms with Gasteiger partial charge in [0.25, 0.3) is 0 Å². The van der Waals surface area contributed by atoms with Gasteiger partial charge in [-0.25, -0.2) is 9.97 Å². The Hall–Kier alpha value is -1.91. The van der Waals surface area contributed by atoms with Gasteiger partial charge in [0.05, 0.1) is 6.33 Å². The largest absolute Gasteiger partial charge is 0.354 e. The van der Waals surface area contributed by atoms with Crippen LogP contribution in [0.1, 0.15) is 57.9 Å². The Bertz CT molecular complexity index is 797. The molecule has 0 spiro atoms. The molecule has 0 aromatic carbocycles. The number of nitrogens with zero attached hydrogens (tertiary/aromatic N) is 3. The minimum Gasteiger partial charge on any atom is -0.354 e. The first-order valence-electron chi connectivity index (χ1n) is 10.00. The molecule has 1 N–H and O–H groups in total. The zero-order valence-corrected chi connectivity index (χ0v) is 16.3. The number of carbonyl (C=O) groups excluding carboxylic acids is 1. The average Bonchev–Trinajstić information content (AvgIpc) is 3.26. The maximum absolute atomic E-state index is 12.4. The van der Waals surface area contributed by atoms with Gasteiger partial charge in [-0.1, -0.05) is 6.92 Å². The molecule has 0 bridgehead atoms. The molecular weight excluding hydrogens is 324 g/mol. The predicted octanol–water partition coefficient (Wildman–Crippen LogP) is 3.65. The molecule has 2 aromatic rings. The Kier molecular flexibility index (Phi) is 4.49. The number of amides is 1. The summed E-state index contributed by atoms with van der Waals surface area (Å²) in [5.74, 6) is 3.00. The van der Waals surface area contributed by atoms with Crippen LogP contribution in [0, 0.1) is 23.7 Å². The highest BCUT2D eigenvalue weighted by atomic mass is 16.1. The van der Waals surface area contributed by atoms with E-state index in [-0.39, 0.29) is 17.9 Å². The molecule has 2 aliphatic rings. The molecule has 5 heteroatoms. The van der Waals surface area contributed by atoms with Crippen LogP contribution < -0.4 is 5.32 Å². The quantitative estimate of drug-likeness (QED) is 0.912. The molecule has 1 amide bonds. The van der Waals surface area contributed by atoms with E-state index in [0.29, 0.717) is 11.8 Å². The second-order valence-corrected chi connectivity index (χ2v) is 8.80. The maximum atomic E-state index is 12.4. The third-order valence-corrected chi connectivity index (χ3v) is 6.67. The zero-order valence-electron chi connectivity index (χ0n) is 16.3. The first-order chi connectivity index (χ1) is 12.4. The summed E-state index contributed by atoms with van der Waals surface area (Å²) in [6, 6.07) is 2.39. The topological polar surface area (TPSA) is 59.8 Å². The van der Waals surface area contributed by atoms with Crippen LogP contribution >= 0.6 is 0 Å². The minimum atomic E-state index is 0.130. The van der Waals surface area contributed by atoms with Crippen molar-refractivity contribution in [1.29, 1.82) is 0 Å². The van der Waals surface area contributed by atoms with Crippen molar-refractivity contribution in [3.05, 3.63) is 24.2 Å². The molecular formula is C21H30N4O. The highest BCUT2D eigenvalue weighted by Gasteiger charge is 2.44. The smallest absolute Gasteiger partial charge is 0.223 e. The molecule has 4 rings (SSSR count). The molecule has 26 heavy (non-hydrogen) atoms. The number of fused-ring (bicyclic) bond motifs is 2. The molecule has 3 unspecified atom stereocenters. The van der Waals surface area contributed by atoms with Crippen molar-refractivity contribution in [2.45, 2.75) is 58.4 Å². The average molecular weight is 354 g/mol. The fourth-order valence-electron chi connectivity index (χ4n) is 5.33.